The third kappa shape index (κ3) is 15.9. The zero-order valence-corrected chi connectivity index (χ0v) is 45.4. The number of hydrogen-bond acceptors (Lipinski definition) is 14. The number of hydrogen-bond donors (Lipinski definition) is 7. The molecule has 3 saturated heterocycles. The summed E-state index contributed by atoms with van der Waals surface area (Å²) in [4.78, 5) is 62.4. The van der Waals surface area contributed by atoms with E-state index in [0.717, 1.165) is 71.7 Å². The average molecular weight is 1170 g/mol. The van der Waals surface area contributed by atoms with Crippen LogP contribution in [0.4, 0.5) is 59.3 Å². The first-order chi connectivity index (χ1) is 38.4. The van der Waals surface area contributed by atoms with Crippen LogP contribution in [-0.4, -0.2) is 158 Å². The van der Waals surface area contributed by atoms with Crippen LogP contribution in [-0.2, 0) is 36.8 Å². The topological polar surface area (TPSA) is 223 Å². The van der Waals surface area contributed by atoms with E-state index in [1.54, 1.807) is 16.8 Å². The molecule has 448 valence electrons. The van der Waals surface area contributed by atoms with Crippen LogP contribution in [0.3, 0.4) is 0 Å². The molecule has 3 aliphatic rings. The molecule has 3 aliphatic heterocycles. The van der Waals surface area contributed by atoms with Crippen LogP contribution < -0.4 is 31.6 Å². The predicted molar refractivity (Wildman–Crippen MR) is 277 cm³/mol. The van der Waals surface area contributed by atoms with Gasteiger partial charge in [-0.15, -0.1) is 0 Å². The number of halogens is 10. The molecule has 3 aromatic rings. The van der Waals surface area contributed by atoms with E-state index >= 15 is 8.78 Å². The van der Waals surface area contributed by atoms with Gasteiger partial charge in [0.1, 0.15) is 29.5 Å². The first-order valence-corrected chi connectivity index (χ1v) is 25.7. The van der Waals surface area contributed by atoms with Gasteiger partial charge in [-0.2, -0.15) is 35.1 Å². The van der Waals surface area contributed by atoms with Crippen LogP contribution >= 0.6 is 0 Å². The summed E-state index contributed by atoms with van der Waals surface area (Å²) in [6, 6.07) is 5.34. The highest BCUT2D eigenvalue weighted by Gasteiger charge is 2.57. The molecule has 7 N–H and O–H groups in total. The highest BCUT2D eigenvalue weighted by molar-refractivity contribution is 6.06. The number of piperazine rings is 1. The third-order valence-corrected chi connectivity index (χ3v) is 14.8. The lowest BCUT2D eigenvalue weighted by Crippen LogP contribution is -2.63. The molecule has 0 spiro atoms. The van der Waals surface area contributed by atoms with E-state index in [1.165, 1.54) is 24.3 Å². The summed E-state index contributed by atoms with van der Waals surface area (Å²) in [5, 5.41) is 28.1. The molecular formula is C54H64F10N10O8. The molecule has 7 atom stereocenters. The number of carbonyl (C=O) groups excluding carboxylic acids is 4. The van der Waals surface area contributed by atoms with Gasteiger partial charge >= 0.3 is 31.1 Å². The molecule has 4 heterocycles. The molecule has 4 amide bonds. The summed E-state index contributed by atoms with van der Waals surface area (Å²) < 4.78 is 159. The zero-order valence-electron chi connectivity index (χ0n) is 45.4. The van der Waals surface area contributed by atoms with Crippen molar-refractivity contribution >= 4 is 35.5 Å². The Morgan fingerprint density at radius 3 is 1.87 bits per heavy atom. The molecule has 0 radical (unpaired) electrons. The second-order valence-electron chi connectivity index (χ2n) is 21.1. The van der Waals surface area contributed by atoms with Crippen molar-refractivity contribution in [1.82, 2.24) is 41.6 Å². The van der Waals surface area contributed by atoms with E-state index < -0.39 is 126 Å². The van der Waals surface area contributed by atoms with E-state index in [2.05, 4.69) is 41.4 Å². The number of ether oxygens (including phenoxy) is 3. The number of nitrogens with one attached hydrogen (secondary N) is 6. The van der Waals surface area contributed by atoms with E-state index in [1.807, 2.05) is 22.9 Å². The van der Waals surface area contributed by atoms with E-state index in [-0.39, 0.29) is 5.56 Å². The number of aliphatic hydroxyl groups is 1. The van der Waals surface area contributed by atoms with Crippen molar-refractivity contribution in [2.24, 2.45) is 10.8 Å². The highest BCUT2D eigenvalue weighted by atomic mass is 19.4. The van der Waals surface area contributed by atoms with Gasteiger partial charge in [0.05, 0.1) is 49.5 Å². The Balaban J connectivity index is 1.31. The Bertz CT molecular complexity index is 2800. The Morgan fingerprint density at radius 2 is 1.37 bits per heavy atom. The van der Waals surface area contributed by atoms with Crippen LogP contribution in [0.5, 0.6) is 0 Å². The first kappa shape index (κ1) is 64.0. The molecular weight excluding hydrogens is 1110 g/mol. The average Bonchev–Trinajstić information content (AvgIpc) is 3.31. The number of alkyl carbamates (subject to hydrolysis) is 2. The monoisotopic (exact) mass is 1170 g/mol. The lowest BCUT2D eigenvalue weighted by Gasteiger charge is -2.44. The summed E-state index contributed by atoms with van der Waals surface area (Å²) >= 11 is 0. The number of rotatable bonds is 21. The number of aromatic nitrogens is 1. The van der Waals surface area contributed by atoms with Crippen LogP contribution in [0.2, 0.25) is 0 Å². The fraction of sp³-hybridized carbons (Fsp3) is 0.519. The molecule has 18 nitrogen and oxygen atoms in total. The summed E-state index contributed by atoms with van der Waals surface area (Å²) in [7, 11) is 1.59. The van der Waals surface area contributed by atoms with Crippen molar-refractivity contribution < 1.29 is 82.4 Å². The van der Waals surface area contributed by atoms with Gasteiger partial charge in [-0.3, -0.25) is 19.9 Å². The fourth-order valence-electron chi connectivity index (χ4n) is 9.75. The minimum Gasteiger partial charge on any atom is -0.453 e. The smallest absolute Gasteiger partial charge is 0.407 e. The number of allylic oxidation sites excluding steroid dienone is 1. The molecule has 6 rings (SSSR count). The zero-order chi connectivity index (χ0) is 60.5. The molecule has 2 unspecified atom stereocenters. The fourth-order valence-corrected chi connectivity index (χ4v) is 9.75. The summed E-state index contributed by atoms with van der Waals surface area (Å²) in [5.74, 6) is 0.670. The van der Waals surface area contributed by atoms with Gasteiger partial charge < -0.3 is 50.9 Å². The Hall–Kier alpha value is -7.22. The molecule has 1 aromatic heterocycles. The lowest BCUT2D eigenvalue weighted by molar-refractivity contribution is -0.221. The normalized spacial score (nSPS) is 19.2. The quantitative estimate of drug-likeness (QED) is 0.0201. The van der Waals surface area contributed by atoms with E-state index in [4.69, 9.17) is 10.1 Å². The predicted octanol–water partition coefficient (Wildman–Crippen LogP) is 6.44. The number of aliphatic hydroxyl groups excluding tert-OH is 1. The second-order valence-corrected chi connectivity index (χ2v) is 21.1. The number of anilines is 1. The van der Waals surface area contributed by atoms with Gasteiger partial charge in [0.25, 0.3) is 5.91 Å². The third-order valence-electron chi connectivity index (χ3n) is 14.8. The van der Waals surface area contributed by atoms with Crippen molar-refractivity contribution in [3.05, 3.63) is 106 Å². The number of alkyl halides is 8. The Labute approximate surface area is 466 Å². The largest absolute Gasteiger partial charge is 0.453 e. The lowest BCUT2D eigenvalue weighted by atomic mass is 9.82. The summed E-state index contributed by atoms with van der Waals surface area (Å²) in [5.41, 5.74) is -5.01. The van der Waals surface area contributed by atoms with E-state index in [9.17, 15) is 59.4 Å². The van der Waals surface area contributed by atoms with Crippen molar-refractivity contribution in [3.8, 4) is 11.8 Å². The number of nitrogens with zero attached hydrogens (tertiary/aromatic N) is 4. The maximum atomic E-state index is 15.9. The molecule has 0 aliphatic carbocycles. The van der Waals surface area contributed by atoms with Gasteiger partial charge in [-0.25, -0.2) is 28.4 Å². The number of methoxy groups -OCH3 is 2. The number of amides is 4. The van der Waals surface area contributed by atoms with Crippen molar-refractivity contribution in [2.75, 3.05) is 52.0 Å². The number of hydrazine groups is 1. The van der Waals surface area contributed by atoms with Crippen LogP contribution in [0.25, 0.3) is 0 Å². The number of benzene rings is 2. The van der Waals surface area contributed by atoms with Crippen LogP contribution in [0.15, 0.2) is 67.0 Å². The van der Waals surface area contributed by atoms with Crippen LogP contribution in [0.1, 0.15) is 74.8 Å². The standard InChI is InChI=1S/C54H64F10N10O8/c1-51(2,53(59,60)61)44(69-49(78)80-5)46(76)68-41(21-31-10-7-30(8-11-31)9-12-32-13-16-43(67-24-32)72-25-34-14-15-35(26-72)74(34)36-18-20-82-29-36)42(75)28-73(71-47(77)45(70-50(79)81-6)52(3,4)54(62,63)64)27-37-38(55)22-33(23-39(37)56)40(65)17-19-66-48(57)58/h7-8,10-11,13,16-17,19,22-24,34-36,41-42,44-45,48,65-66,75H,14-15,18,20-21,25-29H2,1-6H3,(H,68,76)(H,69,78)(H,70,79)(H,71,77)/b19-17-,65-40?/t34?,35?,36-,41+,42+,44-,45-/m1/s1. The maximum Gasteiger partial charge on any atom is 0.407 e. The molecule has 2 aromatic carbocycles. The van der Waals surface area contributed by atoms with Gasteiger partial charge in [-0.05, 0) is 101 Å². The van der Waals surface area contributed by atoms with Crippen molar-refractivity contribution in [3.63, 3.8) is 0 Å². The number of pyridine rings is 1. The van der Waals surface area contributed by atoms with Gasteiger partial charge in [0, 0.05) is 85.6 Å². The first-order valence-electron chi connectivity index (χ1n) is 25.7. The van der Waals surface area contributed by atoms with Gasteiger partial charge in [0.2, 0.25) is 5.91 Å². The molecule has 0 saturated carbocycles. The SMILES string of the molecule is COC(=O)N[C@H](C(=O)N[C@@H](Cc1ccc(C#Cc2ccc(N3CC4CCC(C3)N4[C@@H]3CCOC3)nc2)cc1)[C@@H](O)CN(Cc1c(F)cc(C(=N)/C=C\NC(F)F)cc1F)NC(=O)[C@@H](NC(=O)OC)C(C)(C)C(F)(F)F)C(C)(C)C(F)(F)F. The highest BCUT2D eigenvalue weighted by Crippen LogP contribution is 2.42. The second kappa shape index (κ2) is 26.8. The summed E-state index contributed by atoms with van der Waals surface area (Å²) in [6.07, 6.45) is -9.82. The Morgan fingerprint density at radius 1 is 0.817 bits per heavy atom. The Kier molecular flexibility index (Phi) is 20.9. The maximum absolute atomic E-state index is 15.9. The number of fused-ring (bicyclic) bond motifs is 2. The van der Waals surface area contributed by atoms with Gasteiger partial charge in [-0.1, -0.05) is 24.0 Å². The molecule has 2 bridgehead atoms. The summed E-state index contributed by atoms with van der Waals surface area (Å²) in [6.45, 7) is 0.0579. The van der Waals surface area contributed by atoms with Gasteiger partial charge in [0.15, 0.2) is 0 Å². The minimum absolute atomic E-state index is 0.265. The van der Waals surface area contributed by atoms with E-state index in [0.29, 0.717) is 80.3 Å². The van der Waals surface area contributed by atoms with Crippen LogP contribution in [0, 0.1) is 39.7 Å². The molecule has 3 fully saturated rings. The van der Waals surface area contributed by atoms with Crippen molar-refractivity contribution in [2.45, 2.75) is 121 Å². The minimum atomic E-state index is -5.24. The molecule has 28 heteroatoms. The number of carbonyl (C=O) groups is 4. The molecule has 82 heavy (non-hydrogen) atoms. The van der Waals surface area contributed by atoms with Crippen molar-refractivity contribution in [1.29, 1.82) is 5.41 Å².